The van der Waals surface area contributed by atoms with E-state index in [0.29, 0.717) is 5.69 Å². The minimum Gasteiger partial charge on any atom is -0.510 e. The fraction of sp³-hybridized carbons (Fsp3) is 0.238. The second-order valence-corrected chi connectivity index (χ2v) is 6.86. The molecular weight excluding hydrogens is 348 g/mol. The molecule has 0 bridgehead atoms. The number of nitrogens with one attached hydrogen (secondary N) is 1. The number of anilines is 1. The molecular formula is C21H19ClN2O2. The van der Waals surface area contributed by atoms with Gasteiger partial charge in [-0.2, -0.15) is 5.26 Å². The quantitative estimate of drug-likeness (QED) is 0.437. The lowest BCUT2D eigenvalue weighted by Crippen LogP contribution is -2.16. The fourth-order valence-corrected chi connectivity index (χ4v) is 2.80. The Kier molecular flexibility index (Phi) is 5.60. The van der Waals surface area contributed by atoms with Gasteiger partial charge in [-0.1, -0.05) is 35.9 Å². The van der Waals surface area contributed by atoms with Gasteiger partial charge in [0.25, 0.3) is 5.91 Å². The Bertz CT molecular complexity index is 860. The number of aryl methyl sites for hydroxylation is 2. The van der Waals surface area contributed by atoms with Gasteiger partial charge in [-0.25, -0.2) is 0 Å². The van der Waals surface area contributed by atoms with Crippen molar-refractivity contribution in [3.8, 4) is 6.07 Å². The van der Waals surface area contributed by atoms with Crippen LogP contribution in [0.25, 0.3) is 0 Å². The van der Waals surface area contributed by atoms with Crippen molar-refractivity contribution >= 4 is 23.2 Å². The molecule has 1 aliphatic rings. The number of aliphatic hydroxyl groups excluding tert-OH is 1. The Morgan fingerprint density at radius 2 is 1.62 bits per heavy atom. The van der Waals surface area contributed by atoms with Gasteiger partial charge in [-0.05, 0) is 61.1 Å². The summed E-state index contributed by atoms with van der Waals surface area (Å²) in [5.74, 6) is -0.693. The number of carbonyl (C=O) groups excluding carboxylic acids is 1. The number of hydrogen-bond acceptors (Lipinski definition) is 3. The van der Waals surface area contributed by atoms with Crippen molar-refractivity contribution < 1.29 is 9.90 Å². The van der Waals surface area contributed by atoms with Crippen LogP contribution in [0.5, 0.6) is 0 Å². The zero-order chi connectivity index (χ0) is 18.5. The van der Waals surface area contributed by atoms with E-state index in [0.717, 1.165) is 36.3 Å². The number of nitrogens with zero attached hydrogens (tertiary/aromatic N) is 1. The maximum absolute atomic E-state index is 12.2. The van der Waals surface area contributed by atoms with E-state index < -0.39 is 5.91 Å². The summed E-state index contributed by atoms with van der Waals surface area (Å²) < 4.78 is 0. The number of halogens is 1. The van der Waals surface area contributed by atoms with Crippen molar-refractivity contribution in [2.45, 2.75) is 25.7 Å². The van der Waals surface area contributed by atoms with Gasteiger partial charge < -0.3 is 10.4 Å². The van der Waals surface area contributed by atoms with E-state index in [4.69, 9.17) is 16.9 Å². The monoisotopic (exact) mass is 366 g/mol. The van der Waals surface area contributed by atoms with Crippen LogP contribution in [0, 0.1) is 17.2 Å². The SMILES string of the molecule is N#CC(C(=O)Nc1ccc(CCc2ccc(Cl)cc2)cc1)=C(O)C1CC1. The van der Waals surface area contributed by atoms with Crippen LogP contribution in [0.15, 0.2) is 59.9 Å². The van der Waals surface area contributed by atoms with Crippen molar-refractivity contribution in [2.75, 3.05) is 5.32 Å². The number of benzene rings is 2. The Hall–Kier alpha value is -2.77. The molecule has 0 unspecified atom stereocenters. The molecule has 0 aliphatic heterocycles. The molecule has 132 valence electrons. The van der Waals surface area contributed by atoms with Crippen LogP contribution in [0.2, 0.25) is 5.02 Å². The molecule has 0 saturated heterocycles. The number of nitriles is 1. The van der Waals surface area contributed by atoms with Gasteiger partial charge in [0, 0.05) is 16.6 Å². The Balaban J connectivity index is 1.59. The molecule has 0 aromatic heterocycles. The number of aliphatic hydroxyl groups is 1. The first-order valence-corrected chi connectivity index (χ1v) is 8.92. The molecule has 0 spiro atoms. The summed E-state index contributed by atoms with van der Waals surface area (Å²) >= 11 is 5.89. The van der Waals surface area contributed by atoms with E-state index in [2.05, 4.69) is 5.32 Å². The number of carbonyl (C=O) groups is 1. The summed E-state index contributed by atoms with van der Waals surface area (Å²) in [5.41, 5.74) is 2.77. The highest BCUT2D eigenvalue weighted by Gasteiger charge is 2.30. The molecule has 4 nitrogen and oxygen atoms in total. The van der Waals surface area contributed by atoms with Crippen LogP contribution in [0.3, 0.4) is 0 Å². The fourth-order valence-electron chi connectivity index (χ4n) is 2.67. The average molecular weight is 367 g/mol. The van der Waals surface area contributed by atoms with E-state index in [9.17, 15) is 9.90 Å². The summed E-state index contributed by atoms with van der Waals surface area (Å²) in [6, 6.07) is 17.1. The maximum atomic E-state index is 12.2. The Morgan fingerprint density at radius 1 is 1.08 bits per heavy atom. The highest BCUT2D eigenvalue weighted by atomic mass is 35.5. The first-order valence-electron chi connectivity index (χ1n) is 8.55. The average Bonchev–Trinajstić information content (AvgIpc) is 3.48. The van der Waals surface area contributed by atoms with E-state index in [1.807, 2.05) is 36.4 Å². The molecule has 1 saturated carbocycles. The molecule has 2 aromatic carbocycles. The Labute approximate surface area is 157 Å². The predicted molar refractivity (Wildman–Crippen MR) is 102 cm³/mol. The van der Waals surface area contributed by atoms with Crippen molar-refractivity contribution in [3.05, 3.63) is 76.0 Å². The van der Waals surface area contributed by atoms with Gasteiger partial charge in [-0.3, -0.25) is 4.79 Å². The van der Waals surface area contributed by atoms with E-state index in [-0.39, 0.29) is 17.3 Å². The predicted octanol–water partition coefficient (Wildman–Crippen LogP) is 4.81. The third kappa shape index (κ3) is 4.65. The summed E-state index contributed by atoms with van der Waals surface area (Å²) in [5, 5.41) is 22.4. The van der Waals surface area contributed by atoms with Gasteiger partial charge in [0.2, 0.25) is 0 Å². The molecule has 0 heterocycles. The lowest BCUT2D eigenvalue weighted by atomic mass is 10.0. The number of allylic oxidation sites excluding steroid dienone is 1. The van der Waals surface area contributed by atoms with Crippen LogP contribution in [-0.2, 0) is 17.6 Å². The normalized spacial score (nSPS) is 14.3. The largest absolute Gasteiger partial charge is 0.510 e. The third-order valence-corrected chi connectivity index (χ3v) is 4.64. The summed E-state index contributed by atoms with van der Waals surface area (Å²) in [7, 11) is 0. The number of amides is 1. The molecule has 5 heteroatoms. The van der Waals surface area contributed by atoms with Gasteiger partial charge in [0.1, 0.15) is 11.8 Å². The molecule has 1 fully saturated rings. The number of hydrogen-bond donors (Lipinski definition) is 2. The zero-order valence-electron chi connectivity index (χ0n) is 14.2. The highest BCUT2D eigenvalue weighted by molar-refractivity contribution is 6.30. The second kappa shape index (κ2) is 8.07. The van der Waals surface area contributed by atoms with E-state index >= 15 is 0 Å². The van der Waals surface area contributed by atoms with Gasteiger partial charge in [0.15, 0.2) is 5.57 Å². The topological polar surface area (TPSA) is 73.1 Å². The molecule has 1 aliphatic carbocycles. The standard InChI is InChI=1S/C21H19ClN2O2/c22-17-9-3-14(4-10-17)1-2-15-5-11-18(12-6-15)24-21(26)19(13-23)20(25)16-7-8-16/h3-6,9-12,16,25H,1-2,7-8H2,(H,24,26). The smallest absolute Gasteiger partial charge is 0.269 e. The minimum absolute atomic E-state index is 0.0364. The first kappa shape index (κ1) is 18.0. The molecule has 3 rings (SSSR count). The number of rotatable bonds is 6. The Morgan fingerprint density at radius 3 is 2.12 bits per heavy atom. The van der Waals surface area contributed by atoms with E-state index in [1.165, 1.54) is 5.56 Å². The van der Waals surface area contributed by atoms with Crippen LogP contribution in [-0.4, -0.2) is 11.0 Å². The lowest BCUT2D eigenvalue weighted by molar-refractivity contribution is -0.112. The highest BCUT2D eigenvalue weighted by Crippen LogP contribution is 2.36. The third-order valence-electron chi connectivity index (χ3n) is 4.39. The summed E-state index contributed by atoms with van der Waals surface area (Å²) in [6.45, 7) is 0. The van der Waals surface area contributed by atoms with Crippen molar-refractivity contribution in [3.63, 3.8) is 0 Å². The molecule has 0 atom stereocenters. The molecule has 0 radical (unpaired) electrons. The van der Waals surface area contributed by atoms with Crippen molar-refractivity contribution in [1.29, 1.82) is 5.26 Å². The minimum atomic E-state index is -0.564. The summed E-state index contributed by atoms with van der Waals surface area (Å²) in [6.07, 6.45) is 3.43. The van der Waals surface area contributed by atoms with Gasteiger partial charge in [0.05, 0.1) is 0 Å². The molecule has 2 aromatic rings. The van der Waals surface area contributed by atoms with Gasteiger partial charge in [-0.15, -0.1) is 0 Å². The second-order valence-electron chi connectivity index (χ2n) is 6.42. The first-order chi connectivity index (χ1) is 12.6. The van der Waals surface area contributed by atoms with E-state index in [1.54, 1.807) is 18.2 Å². The van der Waals surface area contributed by atoms with Crippen LogP contribution in [0.1, 0.15) is 24.0 Å². The molecule has 26 heavy (non-hydrogen) atoms. The van der Waals surface area contributed by atoms with Crippen molar-refractivity contribution in [1.82, 2.24) is 0 Å². The van der Waals surface area contributed by atoms with Crippen LogP contribution >= 0.6 is 11.6 Å². The lowest BCUT2D eigenvalue weighted by Gasteiger charge is -2.07. The zero-order valence-corrected chi connectivity index (χ0v) is 15.0. The van der Waals surface area contributed by atoms with Crippen molar-refractivity contribution in [2.24, 2.45) is 5.92 Å². The molecule has 1 amide bonds. The summed E-state index contributed by atoms with van der Waals surface area (Å²) in [4.78, 5) is 12.2. The molecule has 2 N–H and O–H groups in total. The van der Waals surface area contributed by atoms with Gasteiger partial charge >= 0.3 is 0 Å². The van der Waals surface area contributed by atoms with Crippen LogP contribution in [0.4, 0.5) is 5.69 Å². The van der Waals surface area contributed by atoms with Crippen LogP contribution < -0.4 is 5.32 Å². The maximum Gasteiger partial charge on any atom is 0.269 e.